The van der Waals surface area contributed by atoms with Gasteiger partial charge in [-0.15, -0.1) is 0 Å². The highest BCUT2D eigenvalue weighted by molar-refractivity contribution is 5.75. The molecule has 2 aliphatic heterocycles. The number of aliphatic hydroxyl groups is 1. The average molecular weight is 290 g/mol. The van der Waals surface area contributed by atoms with Crippen LogP contribution in [0.1, 0.15) is 32.3 Å². The molecule has 0 amide bonds. The molecule has 0 atom stereocenters. The molecule has 0 aromatic heterocycles. The Morgan fingerprint density at radius 2 is 2.00 bits per heavy atom. The summed E-state index contributed by atoms with van der Waals surface area (Å²) in [5.41, 5.74) is 0.569. The van der Waals surface area contributed by atoms with Gasteiger partial charge in [0.1, 0.15) is 5.75 Å². The lowest BCUT2D eigenvalue weighted by molar-refractivity contribution is -0.385. The Morgan fingerprint density at radius 3 is 2.62 bits per heavy atom. The Balaban J connectivity index is 2.15. The Kier molecular flexibility index (Phi) is 3.04. The number of nitro groups is 1. The molecule has 1 N–H and O–H groups in total. The molecule has 0 spiro atoms. The number of likely N-dealkylation sites (tertiary alicyclic amines) is 1. The van der Waals surface area contributed by atoms with E-state index in [1.165, 1.54) is 12.1 Å². The van der Waals surface area contributed by atoms with Gasteiger partial charge >= 0.3 is 0 Å². The topological polar surface area (TPSA) is 75.8 Å². The molecule has 6 nitrogen and oxygen atoms in total. The number of non-ortho nitro benzene ring substituents is 1. The standard InChI is InChI=1S/C15H18N2O4/c1-15(2)14(18)13(16-7-3-4-8-16)11-6-5-10(17(19)20)9-12(11)21-15/h5-6,9,18H,3-4,7-8H2,1-2H3. The van der Waals surface area contributed by atoms with Crippen molar-refractivity contribution >= 4 is 11.4 Å². The number of rotatable bonds is 2. The molecule has 21 heavy (non-hydrogen) atoms. The Morgan fingerprint density at radius 1 is 1.33 bits per heavy atom. The highest BCUT2D eigenvalue weighted by Crippen LogP contribution is 2.43. The van der Waals surface area contributed by atoms with Crippen molar-refractivity contribution in [1.82, 2.24) is 4.90 Å². The van der Waals surface area contributed by atoms with Crippen molar-refractivity contribution in [2.45, 2.75) is 32.3 Å². The number of nitrogens with zero attached hydrogens (tertiary/aromatic N) is 2. The monoisotopic (exact) mass is 290 g/mol. The lowest BCUT2D eigenvalue weighted by Gasteiger charge is -2.36. The van der Waals surface area contributed by atoms with Crippen LogP contribution < -0.4 is 4.74 Å². The number of aliphatic hydroxyl groups excluding tert-OH is 1. The highest BCUT2D eigenvalue weighted by Gasteiger charge is 2.38. The third-order valence-corrected chi connectivity index (χ3v) is 4.01. The van der Waals surface area contributed by atoms with Gasteiger partial charge in [-0.25, -0.2) is 0 Å². The maximum Gasteiger partial charge on any atom is 0.273 e. The van der Waals surface area contributed by atoms with E-state index in [-0.39, 0.29) is 11.4 Å². The minimum Gasteiger partial charge on any atom is -0.506 e. The van der Waals surface area contributed by atoms with E-state index in [2.05, 4.69) is 4.90 Å². The molecule has 1 saturated heterocycles. The number of hydrogen-bond donors (Lipinski definition) is 1. The van der Waals surface area contributed by atoms with E-state index < -0.39 is 10.5 Å². The van der Waals surface area contributed by atoms with Crippen LogP contribution in [0.15, 0.2) is 24.0 Å². The van der Waals surface area contributed by atoms with E-state index in [1.54, 1.807) is 19.9 Å². The van der Waals surface area contributed by atoms with Crippen molar-refractivity contribution in [2.75, 3.05) is 13.1 Å². The highest BCUT2D eigenvalue weighted by atomic mass is 16.6. The maximum atomic E-state index is 10.9. The summed E-state index contributed by atoms with van der Waals surface area (Å²) in [6.07, 6.45) is 2.17. The first-order valence-electron chi connectivity index (χ1n) is 7.06. The molecule has 0 unspecified atom stereocenters. The van der Waals surface area contributed by atoms with Gasteiger partial charge in [0.15, 0.2) is 11.4 Å². The number of benzene rings is 1. The summed E-state index contributed by atoms with van der Waals surface area (Å²) in [5.74, 6) is 0.639. The Labute approximate surface area is 122 Å². The van der Waals surface area contributed by atoms with Gasteiger partial charge < -0.3 is 14.7 Å². The van der Waals surface area contributed by atoms with Gasteiger partial charge in [0.05, 0.1) is 16.7 Å². The molecule has 3 rings (SSSR count). The van der Waals surface area contributed by atoms with Gasteiger partial charge in [0.25, 0.3) is 5.69 Å². The summed E-state index contributed by atoms with van der Waals surface area (Å²) in [4.78, 5) is 12.6. The Hall–Kier alpha value is -2.24. The quantitative estimate of drug-likeness (QED) is 0.669. The van der Waals surface area contributed by atoms with E-state index in [0.717, 1.165) is 37.2 Å². The third-order valence-electron chi connectivity index (χ3n) is 4.01. The second-order valence-electron chi connectivity index (χ2n) is 5.94. The molecule has 0 radical (unpaired) electrons. The number of hydrogen-bond acceptors (Lipinski definition) is 5. The summed E-state index contributed by atoms with van der Waals surface area (Å²) in [6, 6.07) is 4.54. The summed E-state index contributed by atoms with van der Waals surface area (Å²) in [5, 5.41) is 21.5. The van der Waals surface area contributed by atoms with Crippen molar-refractivity contribution in [3.8, 4) is 5.75 Å². The molecule has 2 heterocycles. The fourth-order valence-electron chi connectivity index (χ4n) is 2.90. The molecule has 112 valence electrons. The van der Waals surface area contributed by atoms with Gasteiger partial charge in [-0.3, -0.25) is 10.1 Å². The molecule has 1 aromatic carbocycles. The van der Waals surface area contributed by atoms with Crippen LogP contribution in [0.25, 0.3) is 5.70 Å². The summed E-state index contributed by atoms with van der Waals surface area (Å²) in [7, 11) is 0. The van der Waals surface area contributed by atoms with E-state index in [9.17, 15) is 15.2 Å². The Bertz CT molecular complexity index is 631. The summed E-state index contributed by atoms with van der Waals surface area (Å²) < 4.78 is 5.77. The van der Waals surface area contributed by atoms with Gasteiger partial charge in [-0.1, -0.05) is 0 Å². The summed E-state index contributed by atoms with van der Waals surface area (Å²) in [6.45, 7) is 5.29. The minimum atomic E-state index is -0.889. The van der Waals surface area contributed by atoms with Crippen LogP contribution >= 0.6 is 0 Å². The summed E-state index contributed by atoms with van der Waals surface area (Å²) >= 11 is 0. The second kappa shape index (κ2) is 4.65. The van der Waals surface area contributed by atoms with Crippen molar-refractivity contribution in [2.24, 2.45) is 0 Å². The molecule has 0 saturated carbocycles. The average Bonchev–Trinajstić information content (AvgIpc) is 2.93. The van der Waals surface area contributed by atoms with E-state index in [4.69, 9.17) is 4.74 Å². The molecule has 0 aliphatic carbocycles. The number of ether oxygens (including phenoxy) is 1. The van der Waals surface area contributed by atoms with Crippen molar-refractivity contribution in [1.29, 1.82) is 0 Å². The molecule has 2 aliphatic rings. The lowest BCUT2D eigenvalue weighted by Crippen LogP contribution is -2.38. The van der Waals surface area contributed by atoms with Crippen molar-refractivity contribution in [3.05, 3.63) is 39.6 Å². The molecule has 6 heteroatoms. The van der Waals surface area contributed by atoms with Crippen LogP contribution in [0.4, 0.5) is 5.69 Å². The fraction of sp³-hybridized carbons (Fsp3) is 0.467. The number of fused-ring (bicyclic) bond motifs is 1. The fourth-order valence-corrected chi connectivity index (χ4v) is 2.90. The third kappa shape index (κ3) is 2.20. The predicted molar refractivity (Wildman–Crippen MR) is 78.2 cm³/mol. The first-order valence-corrected chi connectivity index (χ1v) is 7.06. The molecule has 0 bridgehead atoms. The first-order chi connectivity index (χ1) is 9.90. The largest absolute Gasteiger partial charge is 0.506 e. The zero-order valence-electron chi connectivity index (χ0n) is 12.1. The van der Waals surface area contributed by atoms with Crippen LogP contribution in [-0.2, 0) is 0 Å². The van der Waals surface area contributed by atoms with E-state index >= 15 is 0 Å². The lowest BCUT2D eigenvalue weighted by atomic mass is 9.95. The molecular weight excluding hydrogens is 272 g/mol. The van der Waals surface area contributed by atoms with Crippen molar-refractivity contribution < 1.29 is 14.8 Å². The SMILES string of the molecule is CC1(C)Oc2cc([N+](=O)[O-])ccc2C(N2CCCC2)=C1O. The zero-order chi connectivity index (χ0) is 15.2. The van der Waals surface area contributed by atoms with Gasteiger partial charge in [-0.2, -0.15) is 0 Å². The second-order valence-corrected chi connectivity index (χ2v) is 5.94. The molecule has 1 fully saturated rings. The van der Waals surface area contributed by atoms with Crippen LogP contribution in [0.2, 0.25) is 0 Å². The zero-order valence-corrected chi connectivity index (χ0v) is 12.1. The number of nitro benzene ring substituents is 1. The van der Waals surface area contributed by atoms with Gasteiger partial charge in [0.2, 0.25) is 0 Å². The van der Waals surface area contributed by atoms with Gasteiger partial charge in [0, 0.05) is 24.7 Å². The van der Waals surface area contributed by atoms with Gasteiger partial charge in [-0.05, 0) is 32.8 Å². The molecular formula is C15H18N2O4. The molecule has 1 aromatic rings. The van der Waals surface area contributed by atoms with E-state index in [1.807, 2.05) is 0 Å². The smallest absolute Gasteiger partial charge is 0.273 e. The first kappa shape index (κ1) is 13.7. The van der Waals surface area contributed by atoms with Crippen LogP contribution in [0.5, 0.6) is 5.75 Å². The van der Waals surface area contributed by atoms with E-state index in [0.29, 0.717) is 5.75 Å². The minimum absolute atomic E-state index is 0.00767. The normalized spacial score (nSPS) is 20.2. The van der Waals surface area contributed by atoms with Crippen LogP contribution in [-0.4, -0.2) is 33.6 Å². The predicted octanol–water partition coefficient (Wildman–Crippen LogP) is 3.09. The van der Waals surface area contributed by atoms with Crippen LogP contribution in [0.3, 0.4) is 0 Å². The van der Waals surface area contributed by atoms with Crippen molar-refractivity contribution in [3.63, 3.8) is 0 Å². The maximum absolute atomic E-state index is 10.9. The van der Waals surface area contributed by atoms with Crippen LogP contribution in [0, 0.1) is 10.1 Å².